The lowest BCUT2D eigenvalue weighted by atomic mass is 9.95. The van der Waals surface area contributed by atoms with Gasteiger partial charge in [-0.1, -0.05) is 6.92 Å². The van der Waals surface area contributed by atoms with Crippen LogP contribution in [0.5, 0.6) is 0 Å². The predicted octanol–water partition coefficient (Wildman–Crippen LogP) is 1.05. The summed E-state index contributed by atoms with van der Waals surface area (Å²) in [4.78, 5) is 2.21. The Hall–Kier alpha value is -0.680. The first-order valence-corrected chi connectivity index (χ1v) is 4.09. The summed E-state index contributed by atoms with van der Waals surface area (Å²) in [5.41, 5.74) is 0. The molecule has 0 bridgehead atoms. The molecule has 1 aliphatic rings. The molecule has 1 heterocycles. The number of hydrogen-bond acceptors (Lipinski definition) is 2. The molecule has 1 saturated heterocycles. The first-order chi connectivity index (χ1) is 5.24. The second-order valence-electron chi connectivity index (χ2n) is 3.39. The number of likely N-dealkylation sites (tertiary alicyclic amines) is 1. The molecular formula is C9H15NO. The van der Waals surface area contributed by atoms with Crippen LogP contribution in [0.4, 0.5) is 0 Å². The van der Waals surface area contributed by atoms with Crippen molar-refractivity contribution in [1.82, 2.24) is 4.90 Å². The van der Waals surface area contributed by atoms with E-state index in [4.69, 9.17) is 5.11 Å². The van der Waals surface area contributed by atoms with Gasteiger partial charge < -0.3 is 5.11 Å². The predicted molar refractivity (Wildman–Crippen MR) is 44.5 cm³/mol. The maximum atomic E-state index is 8.41. The van der Waals surface area contributed by atoms with E-state index in [9.17, 15) is 0 Å². The highest BCUT2D eigenvalue weighted by Crippen LogP contribution is 2.19. The number of rotatable bonds is 0. The highest BCUT2D eigenvalue weighted by Gasteiger charge is 2.21. The highest BCUT2D eigenvalue weighted by molar-refractivity contribution is 5.04. The molecule has 0 saturated carbocycles. The molecule has 2 nitrogen and oxygen atoms in total. The summed E-state index contributed by atoms with van der Waals surface area (Å²) in [5.74, 6) is 3.56. The highest BCUT2D eigenvalue weighted by atomic mass is 16.2. The topological polar surface area (TPSA) is 23.5 Å². The molecule has 0 amide bonds. The van der Waals surface area contributed by atoms with Gasteiger partial charge in [0.15, 0.2) is 0 Å². The SMILES string of the molecule is C[C@@H]1CC[C@@H](C#CO)N(C)C1. The third kappa shape index (κ3) is 2.13. The van der Waals surface area contributed by atoms with Crippen LogP contribution in [-0.4, -0.2) is 29.6 Å². The number of aliphatic hydroxyl groups excluding tert-OH is 1. The Kier molecular flexibility index (Phi) is 2.78. The Labute approximate surface area is 68.2 Å². The lowest BCUT2D eigenvalue weighted by Crippen LogP contribution is -2.38. The summed E-state index contributed by atoms with van der Waals surface area (Å²) < 4.78 is 0. The van der Waals surface area contributed by atoms with Gasteiger partial charge in [0.25, 0.3) is 0 Å². The summed E-state index contributed by atoms with van der Waals surface area (Å²) in [6.45, 7) is 3.35. The Balaban J connectivity index is 2.48. The maximum Gasteiger partial charge on any atom is 0.109 e. The summed E-state index contributed by atoms with van der Waals surface area (Å²) in [5, 5.41) is 8.41. The zero-order valence-electron chi connectivity index (χ0n) is 7.17. The lowest BCUT2D eigenvalue weighted by molar-refractivity contribution is 0.181. The monoisotopic (exact) mass is 153 g/mol. The van der Waals surface area contributed by atoms with Crippen molar-refractivity contribution in [3.8, 4) is 12.0 Å². The van der Waals surface area contributed by atoms with E-state index in [0.29, 0.717) is 0 Å². The zero-order valence-corrected chi connectivity index (χ0v) is 7.17. The van der Waals surface area contributed by atoms with Gasteiger partial charge in [-0.3, -0.25) is 4.90 Å². The van der Waals surface area contributed by atoms with Crippen molar-refractivity contribution >= 4 is 0 Å². The average Bonchev–Trinajstić information content (AvgIpc) is 1.95. The van der Waals surface area contributed by atoms with E-state index in [2.05, 4.69) is 24.8 Å². The van der Waals surface area contributed by atoms with Crippen molar-refractivity contribution in [3.05, 3.63) is 0 Å². The van der Waals surface area contributed by atoms with Gasteiger partial charge in [0.2, 0.25) is 0 Å². The van der Waals surface area contributed by atoms with Crippen LogP contribution in [0.25, 0.3) is 0 Å². The molecule has 0 unspecified atom stereocenters. The number of piperidine rings is 1. The molecule has 11 heavy (non-hydrogen) atoms. The summed E-state index contributed by atoms with van der Waals surface area (Å²) in [6, 6.07) is 0.274. The van der Waals surface area contributed by atoms with Crippen LogP contribution in [0.2, 0.25) is 0 Å². The zero-order chi connectivity index (χ0) is 8.27. The molecule has 0 aliphatic carbocycles. The first kappa shape index (κ1) is 8.42. The number of nitrogens with zero attached hydrogens (tertiary/aromatic N) is 1. The van der Waals surface area contributed by atoms with Gasteiger partial charge in [-0.25, -0.2) is 0 Å². The van der Waals surface area contributed by atoms with Gasteiger partial charge in [-0.05, 0) is 31.7 Å². The number of hydrogen-bond donors (Lipinski definition) is 1. The van der Waals surface area contributed by atoms with E-state index in [0.717, 1.165) is 18.9 Å². The summed E-state index contributed by atoms with van der Waals surface area (Å²) in [7, 11) is 2.06. The van der Waals surface area contributed by atoms with Gasteiger partial charge in [-0.2, -0.15) is 0 Å². The first-order valence-electron chi connectivity index (χ1n) is 4.09. The average molecular weight is 153 g/mol. The van der Waals surface area contributed by atoms with Crippen LogP contribution in [0.15, 0.2) is 0 Å². The smallest absolute Gasteiger partial charge is 0.109 e. The van der Waals surface area contributed by atoms with Gasteiger partial charge in [0, 0.05) is 6.54 Å². The summed E-state index contributed by atoms with van der Waals surface area (Å²) in [6.07, 6.45) is 4.31. The van der Waals surface area contributed by atoms with Crippen molar-refractivity contribution in [2.45, 2.75) is 25.8 Å². The Morgan fingerprint density at radius 3 is 2.73 bits per heavy atom. The molecule has 2 heteroatoms. The molecule has 1 rings (SSSR count). The maximum absolute atomic E-state index is 8.41. The van der Waals surface area contributed by atoms with Crippen molar-refractivity contribution in [2.24, 2.45) is 5.92 Å². The number of aliphatic hydroxyl groups is 1. The van der Waals surface area contributed by atoms with Crippen molar-refractivity contribution < 1.29 is 5.11 Å². The van der Waals surface area contributed by atoms with Crippen molar-refractivity contribution in [1.29, 1.82) is 0 Å². The molecule has 0 aromatic rings. The van der Waals surface area contributed by atoms with Crippen LogP contribution in [0.1, 0.15) is 19.8 Å². The largest absolute Gasteiger partial charge is 0.462 e. The molecule has 0 radical (unpaired) electrons. The van der Waals surface area contributed by atoms with E-state index >= 15 is 0 Å². The molecule has 1 N–H and O–H groups in total. The third-order valence-electron chi connectivity index (χ3n) is 2.30. The lowest BCUT2D eigenvalue weighted by Gasteiger charge is -2.32. The van der Waals surface area contributed by atoms with Gasteiger partial charge in [-0.15, -0.1) is 0 Å². The molecule has 0 aromatic carbocycles. The van der Waals surface area contributed by atoms with Crippen LogP contribution in [0, 0.1) is 17.9 Å². The Bertz CT molecular complexity index is 180. The van der Waals surface area contributed by atoms with Crippen LogP contribution in [0.3, 0.4) is 0 Å². The molecule has 62 valence electrons. The fraction of sp³-hybridized carbons (Fsp3) is 0.778. The van der Waals surface area contributed by atoms with E-state index in [-0.39, 0.29) is 6.04 Å². The fourth-order valence-corrected chi connectivity index (χ4v) is 1.63. The Morgan fingerprint density at radius 2 is 2.18 bits per heavy atom. The van der Waals surface area contributed by atoms with Gasteiger partial charge >= 0.3 is 0 Å². The van der Waals surface area contributed by atoms with E-state index in [1.54, 1.807) is 0 Å². The van der Waals surface area contributed by atoms with Crippen molar-refractivity contribution in [3.63, 3.8) is 0 Å². The van der Waals surface area contributed by atoms with Crippen LogP contribution in [-0.2, 0) is 0 Å². The summed E-state index contributed by atoms with van der Waals surface area (Å²) >= 11 is 0. The quantitative estimate of drug-likeness (QED) is 0.526. The standard InChI is InChI=1S/C9H15NO/c1-8-3-4-9(5-6-11)10(2)7-8/h8-9,11H,3-4,7H2,1-2H3/t8-,9+/m1/s1. The van der Waals surface area contributed by atoms with Crippen LogP contribution < -0.4 is 0 Å². The minimum absolute atomic E-state index is 0.274. The minimum Gasteiger partial charge on any atom is -0.462 e. The Morgan fingerprint density at radius 1 is 1.45 bits per heavy atom. The molecule has 0 aromatic heterocycles. The van der Waals surface area contributed by atoms with E-state index < -0.39 is 0 Å². The third-order valence-corrected chi connectivity index (χ3v) is 2.30. The van der Waals surface area contributed by atoms with Crippen LogP contribution >= 0.6 is 0 Å². The van der Waals surface area contributed by atoms with Gasteiger partial charge in [0.1, 0.15) is 6.11 Å². The molecule has 0 spiro atoms. The van der Waals surface area contributed by atoms with Gasteiger partial charge in [0.05, 0.1) is 6.04 Å². The second kappa shape index (κ2) is 3.64. The van der Waals surface area contributed by atoms with Crippen molar-refractivity contribution in [2.75, 3.05) is 13.6 Å². The molecule has 2 atom stereocenters. The normalized spacial score (nSPS) is 32.5. The minimum atomic E-state index is 0.274. The fourth-order valence-electron chi connectivity index (χ4n) is 1.63. The van der Waals surface area contributed by atoms with E-state index in [1.165, 1.54) is 6.42 Å². The molecule has 1 aliphatic heterocycles. The second-order valence-corrected chi connectivity index (χ2v) is 3.39. The molecule has 1 fully saturated rings. The van der Waals surface area contributed by atoms with E-state index in [1.807, 2.05) is 6.11 Å². The molecular weight excluding hydrogens is 138 g/mol.